The van der Waals surface area contributed by atoms with Crippen LogP contribution in [-0.2, 0) is 49.4 Å². The molecule has 2 aliphatic heterocycles. The highest BCUT2D eigenvalue weighted by Crippen LogP contribution is 2.32. The maximum Gasteiger partial charge on any atom is 0.349 e. The maximum atomic E-state index is 13.0. The molecule has 0 N–H and O–H groups in total. The molecule has 2 aliphatic rings. The third kappa shape index (κ3) is 10.3. The standard InChI is InChI=1S/C44H32N2O14/c1-53-40(48)29-10-12-31(13-11-29)42(50)58-35-16-6-27(7-17-35)19-33(21-46)44(52)60-37-24-56-38-36(23-55-39(37)38)59-43(51)32(20-45)18-26-4-14-34(15-5-26)57-41(49)30-8-2-28(3-9-30)22-54-25-47/h2-19,25,36-39H,22-24H2,1H3/b32-18+,33-19+/t36-,37+,38+,39+/m0/s1. The van der Waals surface area contributed by atoms with Crippen molar-refractivity contribution in [2.24, 2.45) is 0 Å². The van der Waals surface area contributed by atoms with Crippen molar-refractivity contribution < 1.29 is 66.7 Å². The Morgan fingerprint density at radius 2 is 1.02 bits per heavy atom. The molecular formula is C44H32N2O14. The van der Waals surface area contributed by atoms with Crippen LogP contribution in [-0.4, -0.2) is 81.1 Å². The summed E-state index contributed by atoms with van der Waals surface area (Å²) in [6.07, 6.45) is -0.930. The topological polar surface area (TPSA) is 224 Å². The Hall–Kier alpha value is -7.92. The number of carbonyl (C=O) groups excluding carboxylic acids is 6. The number of carbonyl (C=O) groups is 6. The highest BCUT2D eigenvalue weighted by molar-refractivity contribution is 5.99. The average Bonchev–Trinajstić information content (AvgIpc) is 3.87. The van der Waals surface area contributed by atoms with Gasteiger partial charge in [-0.15, -0.1) is 0 Å². The second kappa shape index (κ2) is 19.5. The molecule has 4 aromatic rings. The second-order valence-corrected chi connectivity index (χ2v) is 12.9. The van der Waals surface area contributed by atoms with Crippen molar-refractivity contribution in [2.75, 3.05) is 20.3 Å². The smallest absolute Gasteiger partial charge is 0.349 e. The van der Waals surface area contributed by atoms with Crippen molar-refractivity contribution in [1.29, 1.82) is 10.5 Å². The first-order valence-corrected chi connectivity index (χ1v) is 17.9. The first kappa shape index (κ1) is 41.7. The molecule has 16 heteroatoms. The molecule has 4 atom stereocenters. The predicted molar refractivity (Wildman–Crippen MR) is 204 cm³/mol. The zero-order valence-electron chi connectivity index (χ0n) is 31.5. The van der Waals surface area contributed by atoms with Crippen LogP contribution in [0.25, 0.3) is 12.2 Å². The van der Waals surface area contributed by atoms with E-state index in [-0.39, 0.29) is 59.2 Å². The minimum atomic E-state index is -0.950. The number of rotatable bonds is 14. The molecule has 0 radical (unpaired) electrons. The number of ether oxygens (including phenoxy) is 8. The van der Waals surface area contributed by atoms with E-state index in [1.54, 1.807) is 12.1 Å². The summed E-state index contributed by atoms with van der Waals surface area (Å²) in [6.45, 7) is 0.177. The van der Waals surface area contributed by atoms with E-state index in [1.807, 2.05) is 12.1 Å². The van der Waals surface area contributed by atoms with Gasteiger partial charge in [0.15, 0.2) is 12.2 Å². The van der Waals surface area contributed by atoms with E-state index in [4.69, 9.17) is 28.4 Å². The second-order valence-electron chi connectivity index (χ2n) is 12.9. The van der Waals surface area contributed by atoms with Crippen LogP contribution in [0.2, 0.25) is 0 Å². The molecule has 0 spiro atoms. The lowest BCUT2D eigenvalue weighted by Crippen LogP contribution is -2.36. The van der Waals surface area contributed by atoms with E-state index in [0.717, 1.165) is 0 Å². The Balaban J connectivity index is 0.989. The van der Waals surface area contributed by atoms with Gasteiger partial charge in [0.1, 0.15) is 53.6 Å². The summed E-state index contributed by atoms with van der Waals surface area (Å²) >= 11 is 0. The Morgan fingerprint density at radius 3 is 1.40 bits per heavy atom. The molecule has 0 unspecified atom stereocenters. The summed E-state index contributed by atoms with van der Waals surface area (Å²) in [5.41, 5.74) is 1.64. The van der Waals surface area contributed by atoms with Gasteiger partial charge in [0.25, 0.3) is 6.47 Å². The molecule has 0 amide bonds. The highest BCUT2D eigenvalue weighted by Gasteiger charge is 2.51. The van der Waals surface area contributed by atoms with Gasteiger partial charge in [-0.2, -0.15) is 10.5 Å². The zero-order valence-corrected chi connectivity index (χ0v) is 31.5. The molecule has 0 bridgehead atoms. The van der Waals surface area contributed by atoms with Crippen LogP contribution in [0, 0.1) is 22.7 Å². The monoisotopic (exact) mass is 812 g/mol. The molecular weight excluding hydrogens is 780 g/mol. The number of nitriles is 2. The van der Waals surface area contributed by atoms with Crippen LogP contribution in [0.4, 0.5) is 0 Å². The first-order chi connectivity index (χ1) is 29.1. The average molecular weight is 813 g/mol. The highest BCUT2D eigenvalue weighted by atomic mass is 16.7. The van der Waals surface area contributed by atoms with Crippen LogP contribution in [0.5, 0.6) is 11.5 Å². The Labute approximate surface area is 341 Å². The fourth-order valence-corrected chi connectivity index (χ4v) is 5.96. The van der Waals surface area contributed by atoms with Crippen LogP contribution >= 0.6 is 0 Å². The van der Waals surface area contributed by atoms with Crippen LogP contribution < -0.4 is 9.47 Å². The number of benzene rings is 4. The minimum absolute atomic E-state index is 0.0716. The molecule has 2 heterocycles. The minimum Gasteiger partial charge on any atom is -0.465 e. The molecule has 60 heavy (non-hydrogen) atoms. The van der Waals surface area contributed by atoms with Gasteiger partial charge < -0.3 is 37.9 Å². The summed E-state index contributed by atoms with van der Waals surface area (Å²) in [5.74, 6) is -3.33. The lowest BCUT2D eigenvalue weighted by molar-refractivity contribution is -0.150. The van der Waals surface area contributed by atoms with Gasteiger partial charge in [-0.3, -0.25) is 4.79 Å². The summed E-state index contributed by atoms with van der Waals surface area (Å²) in [5, 5.41) is 19.5. The van der Waals surface area contributed by atoms with Crippen LogP contribution in [0.15, 0.2) is 108 Å². The maximum absolute atomic E-state index is 13.0. The largest absolute Gasteiger partial charge is 0.465 e. The molecule has 0 saturated carbocycles. The summed E-state index contributed by atoms with van der Waals surface area (Å²) in [7, 11) is 1.25. The molecule has 6 rings (SSSR count). The fourth-order valence-electron chi connectivity index (χ4n) is 5.96. The van der Waals surface area contributed by atoms with Gasteiger partial charge in [-0.1, -0.05) is 36.4 Å². The summed E-state index contributed by atoms with van der Waals surface area (Å²) in [6, 6.07) is 27.7. The summed E-state index contributed by atoms with van der Waals surface area (Å²) in [4.78, 5) is 73.2. The van der Waals surface area contributed by atoms with Gasteiger partial charge in [-0.25, -0.2) is 24.0 Å². The van der Waals surface area contributed by atoms with Gasteiger partial charge in [0, 0.05) is 0 Å². The number of esters is 5. The van der Waals surface area contributed by atoms with Crippen molar-refractivity contribution in [2.45, 2.75) is 31.0 Å². The Kier molecular flexibility index (Phi) is 13.5. The van der Waals surface area contributed by atoms with Crippen molar-refractivity contribution in [3.05, 3.63) is 142 Å². The van der Waals surface area contributed by atoms with Crippen molar-refractivity contribution in [1.82, 2.24) is 0 Å². The third-order valence-electron chi connectivity index (χ3n) is 9.01. The zero-order chi connectivity index (χ0) is 42.6. The molecule has 302 valence electrons. The van der Waals surface area contributed by atoms with Crippen molar-refractivity contribution >= 4 is 48.5 Å². The third-order valence-corrected chi connectivity index (χ3v) is 9.01. The quantitative estimate of drug-likeness (QED) is 0.0419. The summed E-state index contributed by atoms with van der Waals surface area (Å²) < 4.78 is 42.7. The van der Waals surface area contributed by atoms with Gasteiger partial charge in [0.2, 0.25) is 0 Å². The predicted octanol–water partition coefficient (Wildman–Crippen LogP) is 4.72. The van der Waals surface area contributed by atoms with E-state index in [1.165, 1.54) is 104 Å². The Morgan fingerprint density at radius 1 is 0.617 bits per heavy atom. The normalized spacial score (nSPS) is 18.1. The number of methoxy groups -OCH3 is 1. The van der Waals surface area contributed by atoms with E-state index in [9.17, 15) is 39.3 Å². The number of nitrogens with zero attached hydrogens (tertiary/aromatic N) is 2. The van der Waals surface area contributed by atoms with Crippen LogP contribution in [0.1, 0.15) is 47.8 Å². The fraction of sp³-hybridized carbons (Fsp3) is 0.182. The van der Waals surface area contributed by atoms with Gasteiger partial charge >= 0.3 is 29.8 Å². The van der Waals surface area contributed by atoms with Gasteiger partial charge in [-0.05, 0) is 89.5 Å². The SMILES string of the molecule is COC(=O)c1ccc(C(=O)Oc2ccc(/C=C(\C#N)C(=O)O[C@@H]3CO[C@H]4[C@@H]3OC[C@@H]4OC(=O)/C(C#N)=C/c3ccc(OC(=O)c4ccc(COC=O)cc4)cc3)cc2)cc1. The van der Waals surface area contributed by atoms with Crippen molar-refractivity contribution in [3.8, 4) is 23.6 Å². The lowest BCUT2D eigenvalue weighted by Gasteiger charge is -2.17. The number of fused-ring (bicyclic) bond motifs is 1. The van der Waals surface area contributed by atoms with E-state index in [0.29, 0.717) is 23.2 Å². The molecule has 0 aromatic heterocycles. The Bertz CT molecular complexity index is 2410. The van der Waals surface area contributed by atoms with E-state index < -0.39 is 54.3 Å². The molecule has 0 aliphatic carbocycles. The molecule has 2 fully saturated rings. The number of hydrogen-bond donors (Lipinski definition) is 0. The van der Waals surface area contributed by atoms with Gasteiger partial charge in [0.05, 0.1) is 37.0 Å². The van der Waals surface area contributed by atoms with E-state index >= 15 is 0 Å². The van der Waals surface area contributed by atoms with Crippen LogP contribution in [0.3, 0.4) is 0 Å². The lowest BCUT2D eigenvalue weighted by atomic mass is 10.1. The molecule has 4 aromatic carbocycles. The molecule has 16 nitrogen and oxygen atoms in total. The first-order valence-electron chi connectivity index (χ1n) is 17.9. The molecule has 2 saturated heterocycles. The van der Waals surface area contributed by atoms with Crippen molar-refractivity contribution in [3.63, 3.8) is 0 Å². The van der Waals surface area contributed by atoms with E-state index in [2.05, 4.69) is 9.47 Å². The number of hydrogen-bond acceptors (Lipinski definition) is 16.